The van der Waals surface area contributed by atoms with Gasteiger partial charge in [-0.1, -0.05) is 20.8 Å². The molecule has 2 saturated heterocycles. The molecule has 4 atom stereocenters. The second-order valence-corrected chi connectivity index (χ2v) is 7.02. The van der Waals surface area contributed by atoms with Gasteiger partial charge in [0, 0.05) is 24.7 Å². The van der Waals surface area contributed by atoms with Gasteiger partial charge in [-0.25, -0.2) is 0 Å². The van der Waals surface area contributed by atoms with Gasteiger partial charge >= 0.3 is 0 Å². The van der Waals surface area contributed by atoms with E-state index in [-0.39, 0.29) is 0 Å². The fourth-order valence-electron chi connectivity index (χ4n) is 3.33. The molecule has 2 fully saturated rings. The summed E-state index contributed by atoms with van der Waals surface area (Å²) < 4.78 is 0. The highest BCUT2D eigenvalue weighted by Crippen LogP contribution is 2.34. The normalized spacial score (nSPS) is 36.0. The van der Waals surface area contributed by atoms with Crippen LogP contribution in [0.25, 0.3) is 0 Å². The molecule has 0 amide bonds. The monoisotopic (exact) mass is 224 g/mol. The van der Waals surface area contributed by atoms with E-state index in [0.29, 0.717) is 11.5 Å². The SMILES string of the molecule is CC(N(C)CC1CC2CCC1N2)C(C)(C)C. The van der Waals surface area contributed by atoms with Gasteiger partial charge in [-0.3, -0.25) is 0 Å². The van der Waals surface area contributed by atoms with Crippen LogP contribution in [0.5, 0.6) is 0 Å². The molecule has 2 aliphatic rings. The van der Waals surface area contributed by atoms with Crippen molar-refractivity contribution in [1.29, 1.82) is 0 Å². The van der Waals surface area contributed by atoms with E-state index in [1.165, 1.54) is 25.8 Å². The maximum atomic E-state index is 3.73. The lowest BCUT2D eigenvalue weighted by Gasteiger charge is -2.37. The van der Waals surface area contributed by atoms with Gasteiger partial charge < -0.3 is 10.2 Å². The zero-order valence-electron chi connectivity index (χ0n) is 11.6. The predicted octanol–water partition coefficient (Wildman–Crippen LogP) is 2.49. The number of hydrogen-bond acceptors (Lipinski definition) is 2. The second-order valence-electron chi connectivity index (χ2n) is 7.02. The lowest BCUT2D eigenvalue weighted by atomic mass is 9.84. The number of fused-ring (bicyclic) bond motifs is 2. The van der Waals surface area contributed by atoms with Crippen molar-refractivity contribution in [3.8, 4) is 0 Å². The highest BCUT2D eigenvalue weighted by molar-refractivity contribution is 4.98. The summed E-state index contributed by atoms with van der Waals surface area (Å²) >= 11 is 0. The summed E-state index contributed by atoms with van der Waals surface area (Å²) in [6, 6.07) is 2.32. The average molecular weight is 224 g/mol. The summed E-state index contributed by atoms with van der Waals surface area (Å²) in [6.07, 6.45) is 4.23. The van der Waals surface area contributed by atoms with Gasteiger partial charge in [0.05, 0.1) is 0 Å². The summed E-state index contributed by atoms with van der Waals surface area (Å²) in [6.45, 7) is 10.7. The van der Waals surface area contributed by atoms with E-state index in [1.54, 1.807) is 0 Å². The number of hydrogen-bond donors (Lipinski definition) is 1. The Kier molecular flexibility index (Phi) is 3.33. The molecule has 2 nitrogen and oxygen atoms in total. The van der Waals surface area contributed by atoms with E-state index in [2.05, 4.69) is 45.0 Å². The Balaban J connectivity index is 1.86. The first-order valence-electron chi connectivity index (χ1n) is 6.84. The molecule has 0 spiro atoms. The van der Waals surface area contributed by atoms with E-state index in [0.717, 1.165) is 18.0 Å². The zero-order chi connectivity index (χ0) is 11.9. The van der Waals surface area contributed by atoms with E-state index in [4.69, 9.17) is 0 Å². The summed E-state index contributed by atoms with van der Waals surface area (Å²) in [5.41, 5.74) is 0.389. The fourth-order valence-corrected chi connectivity index (χ4v) is 3.33. The van der Waals surface area contributed by atoms with Crippen molar-refractivity contribution in [1.82, 2.24) is 10.2 Å². The summed E-state index contributed by atoms with van der Waals surface area (Å²) in [5.74, 6) is 0.897. The lowest BCUT2D eigenvalue weighted by Crippen LogP contribution is -2.43. The molecule has 0 saturated carbocycles. The van der Waals surface area contributed by atoms with Gasteiger partial charge in [-0.05, 0) is 44.6 Å². The van der Waals surface area contributed by atoms with Crippen LogP contribution in [0.2, 0.25) is 0 Å². The fraction of sp³-hybridized carbons (Fsp3) is 1.00. The van der Waals surface area contributed by atoms with Gasteiger partial charge in [-0.15, -0.1) is 0 Å². The molecule has 0 aromatic rings. The van der Waals surface area contributed by atoms with Crippen molar-refractivity contribution in [2.75, 3.05) is 13.6 Å². The van der Waals surface area contributed by atoms with Gasteiger partial charge in [0.2, 0.25) is 0 Å². The molecule has 2 heterocycles. The molecular formula is C14H28N2. The Labute approximate surface area is 101 Å². The minimum Gasteiger partial charge on any atom is -0.311 e. The smallest absolute Gasteiger partial charge is 0.0112 e. The second kappa shape index (κ2) is 4.30. The number of nitrogens with zero attached hydrogens (tertiary/aromatic N) is 1. The molecule has 0 aromatic carbocycles. The van der Waals surface area contributed by atoms with Crippen LogP contribution < -0.4 is 5.32 Å². The minimum atomic E-state index is 0.389. The van der Waals surface area contributed by atoms with Crippen molar-refractivity contribution >= 4 is 0 Å². The van der Waals surface area contributed by atoms with E-state index in [9.17, 15) is 0 Å². The third kappa shape index (κ3) is 2.43. The summed E-state index contributed by atoms with van der Waals surface area (Å²) in [7, 11) is 2.29. The molecule has 16 heavy (non-hydrogen) atoms. The van der Waals surface area contributed by atoms with Crippen molar-refractivity contribution in [3.05, 3.63) is 0 Å². The molecule has 94 valence electrons. The van der Waals surface area contributed by atoms with Crippen molar-refractivity contribution in [2.45, 2.75) is 65.1 Å². The predicted molar refractivity (Wildman–Crippen MR) is 69.6 cm³/mol. The van der Waals surface area contributed by atoms with Crippen molar-refractivity contribution in [3.63, 3.8) is 0 Å². The van der Waals surface area contributed by atoms with Crippen LogP contribution in [-0.2, 0) is 0 Å². The minimum absolute atomic E-state index is 0.389. The van der Waals surface area contributed by atoms with Gasteiger partial charge in [0.25, 0.3) is 0 Å². The maximum Gasteiger partial charge on any atom is 0.0112 e. The Bertz CT molecular complexity index is 244. The van der Waals surface area contributed by atoms with Crippen LogP contribution in [0.3, 0.4) is 0 Å². The topological polar surface area (TPSA) is 15.3 Å². The van der Waals surface area contributed by atoms with Crippen LogP contribution >= 0.6 is 0 Å². The van der Waals surface area contributed by atoms with E-state index >= 15 is 0 Å². The van der Waals surface area contributed by atoms with Gasteiger partial charge in [-0.2, -0.15) is 0 Å². The van der Waals surface area contributed by atoms with Crippen LogP contribution in [0.15, 0.2) is 0 Å². The first-order chi connectivity index (χ1) is 7.38. The van der Waals surface area contributed by atoms with E-state index < -0.39 is 0 Å². The standard InChI is InChI=1S/C14H28N2/c1-10(14(2,3)4)16(5)9-11-8-12-6-7-13(11)15-12/h10-13,15H,6-9H2,1-5H3. The molecule has 2 bridgehead atoms. The third-order valence-electron chi connectivity index (χ3n) is 4.87. The number of nitrogens with one attached hydrogen (secondary N) is 1. The quantitative estimate of drug-likeness (QED) is 0.792. The molecule has 0 aromatic heterocycles. The van der Waals surface area contributed by atoms with Crippen molar-refractivity contribution < 1.29 is 0 Å². The first-order valence-corrected chi connectivity index (χ1v) is 6.84. The molecular weight excluding hydrogens is 196 g/mol. The Morgan fingerprint density at radius 1 is 1.31 bits per heavy atom. The molecule has 0 radical (unpaired) electrons. The Morgan fingerprint density at radius 2 is 2.00 bits per heavy atom. The highest BCUT2D eigenvalue weighted by atomic mass is 15.2. The molecule has 4 unspecified atom stereocenters. The largest absolute Gasteiger partial charge is 0.311 e. The molecule has 1 N–H and O–H groups in total. The van der Waals surface area contributed by atoms with Crippen LogP contribution in [0.1, 0.15) is 47.0 Å². The molecule has 2 heteroatoms. The molecule has 2 aliphatic heterocycles. The molecule has 0 aliphatic carbocycles. The van der Waals surface area contributed by atoms with Crippen molar-refractivity contribution in [2.24, 2.45) is 11.3 Å². The maximum absolute atomic E-state index is 3.73. The Hall–Kier alpha value is -0.0800. The van der Waals surface area contributed by atoms with E-state index in [1.807, 2.05) is 0 Å². The third-order valence-corrected chi connectivity index (χ3v) is 4.87. The van der Waals surface area contributed by atoms with Crippen LogP contribution in [-0.4, -0.2) is 36.6 Å². The lowest BCUT2D eigenvalue weighted by molar-refractivity contribution is 0.116. The van der Waals surface area contributed by atoms with Crippen LogP contribution in [0.4, 0.5) is 0 Å². The molecule has 2 rings (SSSR count). The average Bonchev–Trinajstić information content (AvgIpc) is 2.76. The Morgan fingerprint density at radius 3 is 2.44 bits per heavy atom. The summed E-state index contributed by atoms with van der Waals surface area (Å²) in [4.78, 5) is 2.56. The first kappa shape index (κ1) is 12.4. The van der Waals surface area contributed by atoms with Crippen LogP contribution in [0, 0.1) is 11.3 Å². The van der Waals surface area contributed by atoms with Gasteiger partial charge in [0.15, 0.2) is 0 Å². The number of rotatable bonds is 3. The van der Waals surface area contributed by atoms with Gasteiger partial charge in [0.1, 0.15) is 0 Å². The zero-order valence-corrected chi connectivity index (χ0v) is 11.6. The highest BCUT2D eigenvalue weighted by Gasteiger charge is 2.40. The summed E-state index contributed by atoms with van der Waals surface area (Å²) in [5, 5.41) is 3.73.